The molecule has 1 aliphatic heterocycles. The third kappa shape index (κ3) is 3.69. The summed E-state index contributed by atoms with van der Waals surface area (Å²) in [6.45, 7) is 3.30. The number of carbonyl (C=O) groups excluding carboxylic acids is 1. The number of rotatable bonds is 5. The Kier molecular flexibility index (Phi) is 5.01. The van der Waals surface area contributed by atoms with Crippen molar-refractivity contribution in [2.45, 2.75) is 70.2 Å². The lowest BCUT2D eigenvalue weighted by molar-refractivity contribution is -0.186. The number of ether oxygens (including phenoxy) is 2. The predicted molar refractivity (Wildman–Crippen MR) is 69.2 cm³/mol. The predicted octanol–water partition coefficient (Wildman–Crippen LogP) is 2.37. The van der Waals surface area contributed by atoms with Crippen molar-refractivity contribution in [3.05, 3.63) is 0 Å². The Morgan fingerprint density at radius 2 is 2.11 bits per heavy atom. The summed E-state index contributed by atoms with van der Waals surface area (Å²) in [6.07, 6.45) is 8.35. The molecule has 0 bridgehead atoms. The van der Waals surface area contributed by atoms with Gasteiger partial charge in [-0.25, -0.2) is 0 Å². The summed E-state index contributed by atoms with van der Waals surface area (Å²) in [5.41, 5.74) is 0. The Labute approximate surface area is 109 Å². The van der Waals surface area contributed by atoms with Crippen molar-refractivity contribution in [1.82, 2.24) is 5.32 Å². The molecular weight excluding hydrogens is 230 g/mol. The maximum atomic E-state index is 11.5. The van der Waals surface area contributed by atoms with Crippen molar-refractivity contribution in [3.8, 4) is 0 Å². The highest BCUT2D eigenvalue weighted by Crippen LogP contribution is 2.37. The van der Waals surface area contributed by atoms with Gasteiger partial charge in [-0.2, -0.15) is 0 Å². The molecule has 0 aromatic carbocycles. The molecule has 2 rings (SSSR count). The summed E-state index contributed by atoms with van der Waals surface area (Å²) in [7, 11) is 0. The average molecular weight is 255 g/mol. The first-order chi connectivity index (χ1) is 8.74. The molecule has 1 spiro atoms. The zero-order chi connectivity index (χ0) is 12.8. The average Bonchev–Trinajstić information content (AvgIpc) is 2.78. The van der Waals surface area contributed by atoms with Gasteiger partial charge in [-0.15, -0.1) is 0 Å². The molecule has 1 amide bonds. The van der Waals surface area contributed by atoms with Gasteiger partial charge in [0.2, 0.25) is 5.91 Å². The van der Waals surface area contributed by atoms with Gasteiger partial charge in [0.05, 0.1) is 6.61 Å². The minimum absolute atomic E-state index is 0.0358. The van der Waals surface area contributed by atoms with E-state index in [9.17, 15) is 4.79 Å². The summed E-state index contributed by atoms with van der Waals surface area (Å²) >= 11 is 0. The number of nitrogens with one attached hydrogen (secondary N) is 1. The normalized spacial score (nSPS) is 26.4. The number of hydrogen-bond acceptors (Lipinski definition) is 3. The Bertz CT molecular complexity index is 274. The van der Waals surface area contributed by atoms with Crippen LogP contribution in [0.1, 0.15) is 58.3 Å². The van der Waals surface area contributed by atoms with Crippen molar-refractivity contribution in [2.75, 3.05) is 13.2 Å². The van der Waals surface area contributed by atoms with Crippen LogP contribution in [0.2, 0.25) is 0 Å². The van der Waals surface area contributed by atoms with Crippen molar-refractivity contribution >= 4 is 5.91 Å². The molecule has 1 heterocycles. The molecule has 1 atom stereocenters. The van der Waals surface area contributed by atoms with Gasteiger partial charge < -0.3 is 14.8 Å². The van der Waals surface area contributed by atoms with Crippen LogP contribution in [0.3, 0.4) is 0 Å². The number of unbranched alkanes of at least 4 members (excludes halogenated alkanes) is 1. The fourth-order valence-electron chi connectivity index (χ4n) is 2.72. The van der Waals surface area contributed by atoms with E-state index in [1.807, 2.05) is 0 Å². The van der Waals surface area contributed by atoms with E-state index in [0.29, 0.717) is 19.6 Å². The van der Waals surface area contributed by atoms with Crippen molar-refractivity contribution < 1.29 is 14.3 Å². The Morgan fingerprint density at radius 1 is 1.33 bits per heavy atom. The lowest BCUT2D eigenvalue weighted by atomic mass is 9.94. The summed E-state index contributed by atoms with van der Waals surface area (Å²) in [5, 5.41) is 2.94. The first kappa shape index (κ1) is 13.8. The van der Waals surface area contributed by atoms with E-state index in [4.69, 9.17) is 9.47 Å². The monoisotopic (exact) mass is 255 g/mol. The molecule has 1 aliphatic carbocycles. The van der Waals surface area contributed by atoms with Gasteiger partial charge in [-0.1, -0.05) is 19.8 Å². The van der Waals surface area contributed by atoms with Crippen LogP contribution in [0.25, 0.3) is 0 Å². The minimum atomic E-state index is -0.322. The quantitative estimate of drug-likeness (QED) is 0.820. The highest BCUT2D eigenvalue weighted by atomic mass is 16.7. The number of amides is 1. The first-order valence-electron chi connectivity index (χ1n) is 7.32. The van der Waals surface area contributed by atoms with Gasteiger partial charge in [0.15, 0.2) is 5.79 Å². The lowest BCUT2D eigenvalue weighted by Gasteiger charge is -2.31. The number of hydrogen-bond donors (Lipinski definition) is 1. The van der Waals surface area contributed by atoms with Crippen LogP contribution < -0.4 is 5.32 Å². The van der Waals surface area contributed by atoms with Crippen LogP contribution in [0, 0.1) is 0 Å². The maximum absolute atomic E-state index is 11.5. The summed E-state index contributed by atoms with van der Waals surface area (Å²) in [6, 6.07) is 0. The largest absolute Gasteiger partial charge is 0.353 e. The Hall–Kier alpha value is -0.610. The topological polar surface area (TPSA) is 47.6 Å². The second kappa shape index (κ2) is 6.53. The van der Waals surface area contributed by atoms with Crippen molar-refractivity contribution in [3.63, 3.8) is 0 Å². The molecule has 0 radical (unpaired) electrons. The van der Waals surface area contributed by atoms with Crippen LogP contribution >= 0.6 is 0 Å². The highest BCUT2D eigenvalue weighted by Gasteiger charge is 2.42. The highest BCUT2D eigenvalue weighted by molar-refractivity contribution is 5.75. The second-order valence-electron chi connectivity index (χ2n) is 5.43. The zero-order valence-corrected chi connectivity index (χ0v) is 11.4. The van der Waals surface area contributed by atoms with Gasteiger partial charge in [-0.05, 0) is 19.3 Å². The third-order valence-corrected chi connectivity index (χ3v) is 3.81. The fraction of sp³-hybridized carbons (Fsp3) is 0.929. The van der Waals surface area contributed by atoms with Crippen LogP contribution in [-0.2, 0) is 14.3 Å². The molecule has 0 aromatic heterocycles. The molecule has 1 saturated heterocycles. The Balaban J connectivity index is 1.67. The van der Waals surface area contributed by atoms with E-state index >= 15 is 0 Å². The lowest BCUT2D eigenvalue weighted by Crippen LogP contribution is -2.37. The van der Waals surface area contributed by atoms with Gasteiger partial charge in [0, 0.05) is 25.8 Å². The molecule has 2 fully saturated rings. The third-order valence-electron chi connectivity index (χ3n) is 3.81. The Morgan fingerprint density at radius 3 is 2.83 bits per heavy atom. The zero-order valence-electron chi connectivity index (χ0n) is 11.4. The van der Waals surface area contributed by atoms with E-state index in [2.05, 4.69) is 12.2 Å². The van der Waals surface area contributed by atoms with E-state index in [1.165, 1.54) is 19.3 Å². The first-order valence-corrected chi connectivity index (χ1v) is 7.32. The van der Waals surface area contributed by atoms with E-state index in [1.54, 1.807) is 0 Å². The fourth-order valence-corrected chi connectivity index (χ4v) is 2.72. The van der Waals surface area contributed by atoms with Gasteiger partial charge in [0.25, 0.3) is 0 Å². The molecule has 4 heteroatoms. The van der Waals surface area contributed by atoms with Crippen molar-refractivity contribution in [2.24, 2.45) is 0 Å². The van der Waals surface area contributed by atoms with Gasteiger partial charge >= 0.3 is 0 Å². The second-order valence-corrected chi connectivity index (χ2v) is 5.43. The van der Waals surface area contributed by atoms with E-state index < -0.39 is 0 Å². The SMILES string of the molecule is CCCCC(=O)NC[C@H]1COC2(CCCCC2)O1. The van der Waals surface area contributed by atoms with Gasteiger partial charge in [0.1, 0.15) is 6.10 Å². The molecule has 4 nitrogen and oxygen atoms in total. The van der Waals surface area contributed by atoms with Gasteiger partial charge in [-0.3, -0.25) is 4.79 Å². The van der Waals surface area contributed by atoms with Crippen LogP contribution in [0.5, 0.6) is 0 Å². The molecule has 18 heavy (non-hydrogen) atoms. The standard InChI is InChI=1S/C14H25NO3/c1-2-3-7-13(16)15-10-12-11-17-14(18-12)8-5-4-6-9-14/h12H,2-11H2,1H3,(H,15,16)/t12-/m0/s1. The van der Waals surface area contributed by atoms with E-state index in [-0.39, 0.29) is 17.8 Å². The molecule has 1 saturated carbocycles. The van der Waals surface area contributed by atoms with Crippen LogP contribution in [0.15, 0.2) is 0 Å². The molecule has 0 unspecified atom stereocenters. The van der Waals surface area contributed by atoms with E-state index in [0.717, 1.165) is 25.7 Å². The number of carbonyl (C=O) groups is 1. The minimum Gasteiger partial charge on any atom is -0.353 e. The molecule has 104 valence electrons. The molecule has 2 aliphatic rings. The summed E-state index contributed by atoms with van der Waals surface area (Å²) in [4.78, 5) is 11.5. The summed E-state index contributed by atoms with van der Waals surface area (Å²) < 4.78 is 11.8. The van der Waals surface area contributed by atoms with Crippen LogP contribution in [0.4, 0.5) is 0 Å². The molecular formula is C14H25NO3. The smallest absolute Gasteiger partial charge is 0.220 e. The molecule has 1 N–H and O–H groups in total. The maximum Gasteiger partial charge on any atom is 0.220 e. The summed E-state index contributed by atoms with van der Waals surface area (Å²) in [5.74, 6) is -0.193. The van der Waals surface area contributed by atoms with Crippen LogP contribution in [-0.4, -0.2) is 30.9 Å². The molecule has 0 aromatic rings. The van der Waals surface area contributed by atoms with Crippen molar-refractivity contribution in [1.29, 1.82) is 0 Å².